The van der Waals surface area contributed by atoms with E-state index in [0.29, 0.717) is 0 Å². The number of nitrogens with one attached hydrogen (secondary N) is 2. The van der Waals surface area contributed by atoms with Crippen LogP contribution < -0.4 is 10.0 Å². The second-order valence-corrected chi connectivity index (χ2v) is 7.20. The van der Waals surface area contributed by atoms with Crippen LogP contribution in [0.15, 0.2) is 29.2 Å². The Morgan fingerprint density at radius 3 is 2.30 bits per heavy atom. The van der Waals surface area contributed by atoms with Gasteiger partial charge in [0, 0.05) is 5.54 Å². The minimum atomic E-state index is -4.08. The molecule has 2 N–H and O–H groups in total. The van der Waals surface area contributed by atoms with E-state index in [1.807, 2.05) is 0 Å². The Hall–Kier alpha value is -1.47. The number of hydrogen-bond donors (Lipinski definition) is 2. The van der Waals surface area contributed by atoms with E-state index >= 15 is 0 Å². The predicted octanol–water partition coefficient (Wildman–Crippen LogP) is 1.41. The molecule has 1 aromatic rings. The maximum Gasteiger partial charge on any atom is 0.244 e. The van der Waals surface area contributed by atoms with Gasteiger partial charge in [0.15, 0.2) is 0 Å². The van der Waals surface area contributed by atoms with Crippen molar-refractivity contribution in [3.63, 3.8) is 0 Å². The minimum absolute atomic E-state index is 0.475. The van der Waals surface area contributed by atoms with Crippen molar-refractivity contribution in [2.75, 3.05) is 0 Å². The lowest BCUT2D eigenvalue weighted by Crippen LogP contribution is -2.50. The molecule has 0 aliphatic carbocycles. The summed E-state index contributed by atoms with van der Waals surface area (Å²) in [5, 5.41) is 2.65. The van der Waals surface area contributed by atoms with Gasteiger partial charge in [0.2, 0.25) is 15.9 Å². The van der Waals surface area contributed by atoms with Crippen molar-refractivity contribution >= 4 is 15.9 Å². The van der Waals surface area contributed by atoms with E-state index in [-0.39, 0.29) is 0 Å². The average molecular weight is 302 g/mol. The van der Waals surface area contributed by atoms with E-state index in [2.05, 4.69) is 10.0 Å². The minimum Gasteiger partial charge on any atom is -0.350 e. The third-order valence-corrected chi connectivity index (χ3v) is 3.92. The lowest BCUT2D eigenvalue weighted by atomic mass is 10.1. The summed E-state index contributed by atoms with van der Waals surface area (Å²) in [6.45, 7) is 6.74. The quantitative estimate of drug-likeness (QED) is 0.883. The first-order valence-electron chi connectivity index (χ1n) is 6.12. The Balaban J connectivity index is 2.87. The van der Waals surface area contributed by atoms with E-state index in [4.69, 9.17) is 0 Å². The van der Waals surface area contributed by atoms with Crippen LogP contribution in [0, 0.1) is 5.82 Å². The van der Waals surface area contributed by atoms with E-state index in [1.165, 1.54) is 19.1 Å². The Labute approximate surface area is 118 Å². The van der Waals surface area contributed by atoms with Gasteiger partial charge < -0.3 is 5.32 Å². The molecule has 1 aromatic carbocycles. The summed E-state index contributed by atoms with van der Waals surface area (Å²) >= 11 is 0. The zero-order valence-electron chi connectivity index (χ0n) is 11.9. The molecule has 112 valence electrons. The lowest BCUT2D eigenvalue weighted by Gasteiger charge is -2.23. The summed E-state index contributed by atoms with van der Waals surface area (Å²) in [5.74, 6) is -1.33. The summed E-state index contributed by atoms with van der Waals surface area (Å²) in [5.41, 5.74) is -0.477. The van der Waals surface area contributed by atoms with Crippen molar-refractivity contribution in [1.82, 2.24) is 10.0 Å². The second-order valence-electron chi connectivity index (χ2n) is 5.51. The summed E-state index contributed by atoms with van der Waals surface area (Å²) in [6.07, 6.45) is 0. The highest BCUT2D eigenvalue weighted by Crippen LogP contribution is 2.13. The highest BCUT2D eigenvalue weighted by atomic mass is 32.2. The van der Waals surface area contributed by atoms with Crippen LogP contribution in [0.4, 0.5) is 4.39 Å². The zero-order chi connectivity index (χ0) is 15.6. The monoisotopic (exact) mass is 302 g/mol. The van der Waals surface area contributed by atoms with Gasteiger partial charge in [-0.2, -0.15) is 4.72 Å². The van der Waals surface area contributed by atoms with Crippen LogP contribution in [-0.4, -0.2) is 25.9 Å². The summed E-state index contributed by atoms with van der Waals surface area (Å²) < 4.78 is 39.6. The molecule has 0 aliphatic heterocycles. The molecule has 0 saturated heterocycles. The van der Waals surface area contributed by atoms with Gasteiger partial charge in [0.1, 0.15) is 10.7 Å². The molecule has 1 atom stereocenters. The first-order chi connectivity index (χ1) is 9.03. The molecule has 0 saturated carbocycles. The normalized spacial score (nSPS) is 13.8. The molecular weight excluding hydrogens is 283 g/mol. The molecular formula is C13H19FN2O3S. The van der Waals surface area contributed by atoms with Gasteiger partial charge in [-0.15, -0.1) is 0 Å². The Bertz CT molecular complexity index is 594. The third-order valence-electron chi connectivity index (χ3n) is 2.35. The molecule has 20 heavy (non-hydrogen) atoms. The van der Waals surface area contributed by atoms with E-state index in [9.17, 15) is 17.6 Å². The van der Waals surface area contributed by atoms with Crippen LogP contribution in [-0.2, 0) is 14.8 Å². The molecule has 1 amide bonds. The fourth-order valence-electron chi connectivity index (χ4n) is 1.49. The number of halogens is 1. The number of amides is 1. The molecule has 0 fully saturated rings. The lowest BCUT2D eigenvalue weighted by molar-refractivity contribution is -0.123. The average Bonchev–Trinajstić information content (AvgIpc) is 2.26. The van der Waals surface area contributed by atoms with Crippen LogP contribution >= 0.6 is 0 Å². The number of benzene rings is 1. The zero-order valence-corrected chi connectivity index (χ0v) is 12.7. The maximum absolute atomic E-state index is 13.5. The Morgan fingerprint density at radius 1 is 1.25 bits per heavy atom. The number of carbonyl (C=O) groups is 1. The highest BCUT2D eigenvalue weighted by Gasteiger charge is 2.26. The van der Waals surface area contributed by atoms with Gasteiger partial charge in [-0.3, -0.25) is 4.79 Å². The van der Waals surface area contributed by atoms with Crippen molar-refractivity contribution in [1.29, 1.82) is 0 Å². The SMILES string of the molecule is CC(NS(=O)(=O)c1ccccc1F)C(=O)NC(C)(C)C. The van der Waals surface area contributed by atoms with Gasteiger partial charge >= 0.3 is 0 Å². The summed E-state index contributed by atoms with van der Waals surface area (Å²) in [6, 6.07) is 4.00. The first-order valence-corrected chi connectivity index (χ1v) is 7.60. The predicted molar refractivity (Wildman–Crippen MR) is 74.1 cm³/mol. The molecule has 7 heteroatoms. The van der Waals surface area contributed by atoms with Crippen molar-refractivity contribution in [2.24, 2.45) is 0 Å². The van der Waals surface area contributed by atoms with Crippen molar-refractivity contribution < 1.29 is 17.6 Å². The number of carbonyl (C=O) groups excluding carboxylic acids is 1. The topological polar surface area (TPSA) is 75.3 Å². The molecule has 1 rings (SSSR count). The van der Waals surface area contributed by atoms with E-state index < -0.39 is 38.2 Å². The third kappa shape index (κ3) is 4.57. The van der Waals surface area contributed by atoms with Gasteiger partial charge in [-0.1, -0.05) is 12.1 Å². The molecule has 0 aliphatic rings. The fourth-order valence-corrected chi connectivity index (χ4v) is 2.77. The molecule has 0 aromatic heterocycles. The van der Waals surface area contributed by atoms with Crippen LogP contribution in [0.5, 0.6) is 0 Å². The van der Waals surface area contributed by atoms with Crippen LogP contribution in [0.2, 0.25) is 0 Å². The van der Waals surface area contributed by atoms with Gasteiger partial charge in [-0.25, -0.2) is 12.8 Å². The van der Waals surface area contributed by atoms with E-state index in [0.717, 1.165) is 12.1 Å². The first kappa shape index (κ1) is 16.6. The summed E-state index contributed by atoms with van der Waals surface area (Å²) in [7, 11) is -4.08. The number of hydrogen-bond acceptors (Lipinski definition) is 3. The van der Waals surface area contributed by atoms with E-state index in [1.54, 1.807) is 20.8 Å². The van der Waals surface area contributed by atoms with Gasteiger partial charge in [-0.05, 0) is 39.8 Å². The largest absolute Gasteiger partial charge is 0.350 e. The Morgan fingerprint density at radius 2 is 1.80 bits per heavy atom. The van der Waals surface area contributed by atoms with Gasteiger partial charge in [0.25, 0.3) is 0 Å². The number of sulfonamides is 1. The van der Waals surface area contributed by atoms with Gasteiger partial charge in [0.05, 0.1) is 6.04 Å². The van der Waals surface area contributed by atoms with Crippen molar-refractivity contribution in [2.45, 2.75) is 44.2 Å². The fraction of sp³-hybridized carbons (Fsp3) is 0.462. The highest BCUT2D eigenvalue weighted by molar-refractivity contribution is 7.89. The maximum atomic E-state index is 13.5. The van der Waals surface area contributed by atoms with Crippen LogP contribution in [0.1, 0.15) is 27.7 Å². The molecule has 0 bridgehead atoms. The molecule has 5 nitrogen and oxygen atoms in total. The Kier molecular flexibility index (Phi) is 4.88. The van der Waals surface area contributed by atoms with Crippen molar-refractivity contribution in [3.8, 4) is 0 Å². The van der Waals surface area contributed by atoms with Crippen LogP contribution in [0.3, 0.4) is 0 Å². The molecule has 0 radical (unpaired) electrons. The standard InChI is InChI=1S/C13H19FN2O3S/c1-9(12(17)15-13(2,3)4)16-20(18,19)11-8-6-5-7-10(11)14/h5-9,16H,1-4H3,(H,15,17). The van der Waals surface area contributed by atoms with Crippen LogP contribution in [0.25, 0.3) is 0 Å². The molecule has 0 spiro atoms. The number of rotatable bonds is 4. The summed E-state index contributed by atoms with van der Waals surface area (Å²) in [4.78, 5) is 11.3. The molecule has 0 heterocycles. The van der Waals surface area contributed by atoms with Crippen molar-refractivity contribution in [3.05, 3.63) is 30.1 Å². The molecule has 1 unspecified atom stereocenters. The smallest absolute Gasteiger partial charge is 0.244 e. The second kappa shape index (κ2) is 5.88.